The SMILES string of the molecule is COc1cc(/C=C2/C(C)=C(CC(=O)NCc3ccccc3)c3cc(F)ccc32)cc(OC)c1OO. The van der Waals surface area contributed by atoms with E-state index < -0.39 is 0 Å². The molecule has 0 fully saturated rings. The van der Waals surface area contributed by atoms with Crippen LogP contribution < -0.4 is 19.7 Å². The van der Waals surface area contributed by atoms with Crippen LogP contribution in [0.3, 0.4) is 0 Å². The predicted molar refractivity (Wildman–Crippen MR) is 133 cm³/mol. The second-order valence-corrected chi connectivity index (χ2v) is 8.14. The van der Waals surface area contributed by atoms with Crippen molar-refractivity contribution in [3.63, 3.8) is 0 Å². The van der Waals surface area contributed by atoms with Crippen molar-refractivity contribution in [1.82, 2.24) is 5.32 Å². The maximum atomic E-state index is 14.2. The van der Waals surface area contributed by atoms with Crippen LogP contribution in [0.5, 0.6) is 17.2 Å². The van der Waals surface area contributed by atoms with E-state index in [9.17, 15) is 14.4 Å². The molecule has 0 radical (unpaired) electrons. The van der Waals surface area contributed by atoms with Crippen LogP contribution in [0, 0.1) is 5.82 Å². The van der Waals surface area contributed by atoms with Crippen molar-refractivity contribution in [2.24, 2.45) is 0 Å². The van der Waals surface area contributed by atoms with Crippen LogP contribution in [0.1, 0.15) is 35.6 Å². The summed E-state index contributed by atoms with van der Waals surface area (Å²) in [5.74, 6) is 0.130. The lowest BCUT2D eigenvalue weighted by atomic mass is 10.00. The third-order valence-corrected chi connectivity index (χ3v) is 6.01. The van der Waals surface area contributed by atoms with Gasteiger partial charge in [-0.1, -0.05) is 36.4 Å². The Morgan fingerprint density at radius 1 is 1.00 bits per heavy atom. The van der Waals surface area contributed by atoms with Gasteiger partial charge in [-0.3, -0.25) is 4.79 Å². The second-order valence-electron chi connectivity index (χ2n) is 8.14. The minimum absolute atomic E-state index is 0.0640. The number of amides is 1. The van der Waals surface area contributed by atoms with Crippen LogP contribution in [0.2, 0.25) is 0 Å². The fourth-order valence-corrected chi connectivity index (χ4v) is 4.24. The molecule has 1 aliphatic carbocycles. The summed E-state index contributed by atoms with van der Waals surface area (Å²) in [5.41, 5.74) is 5.74. The van der Waals surface area contributed by atoms with E-state index in [1.807, 2.05) is 43.3 Å². The lowest BCUT2D eigenvalue weighted by Gasteiger charge is -2.12. The highest BCUT2D eigenvalue weighted by Gasteiger charge is 2.26. The van der Waals surface area contributed by atoms with E-state index in [2.05, 4.69) is 10.2 Å². The maximum absolute atomic E-state index is 14.2. The molecular formula is C28H26FNO5. The Labute approximate surface area is 203 Å². The Morgan fingerprint density at radius 2 is 1.69 bits per heavy atom. The molecule has 0 aromatic heterocycles. The van der Waals surface area contributed by atoms with Crippen LogP contribution in [0.4, 0.5) is 4.39 Å². The predicted octanol–water partition coefficient (Wildman–Crippen LogP) is 5.73. The molecule has 4 rings (SSSR count). The number of rotatable bonds is 8. The summed E-state index contributed by atoms with van der Waals surface area (Å²) >= 11 is 0. The number of hydrogen-bond acceptors (Lipinski definition) is 5. The van der Waals surface area contributed by atoms with Crippen LogP contribution in [-0.4, -0.2) is 25.4 Å². The first-order chi connectivity index (χ1) is 16.9. The number of carbonyl (C=O) groups is 1. The molecule has 0 unspecified atom stereocenters. The van der Waals surface area contributed by atoms with Crippen molar-refractivity contribution in [2.75, 3.05) is 14.2 Å². The molecule has 0 aliphatic heterocycles. The Bertz CT molecular complexity index is 1290. The quantitative estimate of drug-likeness (QED) is 0.321. The highest BCUT2D eigenvalue weighted by Crippen LogP contribution is 2.45. The summed E-state index contributed by atoms with van der Waals surface area (Å²) in [5, 5.41) is 12.2. The fraction of sp³-hybridized carbons (Fsp3) is 0.179. The average Bonchev–Trinajstić information content (AvgIpc) is 3.12. The topological polar surface area (TPSA) is 77.0 Å². The smallest absolute Gasteiger partial charge is 0.248 e. The highest BCUT2D eigenvalue weighted by molar-refractivity contribution is 6.08. The van der Waals surface area contributed by atoms with E-state index in [-0.39, 0.29) is 35.4 Å². The number of nitrogens with one attached hydrogen (secondary N) is 1. The largest absolute Gasteiger partial charge is 0.493 e. The van der Waals surface area contributed by atoms with Crippen molar-refractivity contribution in [2.45, 2.75) is 19.9 Å². The Kier molecular flexibility index (Phi) is 7.17. The number of benzene rings is 3. The van der Waals surface area contributed by atoms with E-state index in [1.54, 1.807) is 18.2 Å². The second kappa shape index (κ2) is 10.4. The number of allylic oxidation sites excluding steroid dienone is 2. The van der Waals surface area contributed by atoms with Gasteiger partial charge in [0.2, 0.25) is 11.7 Å². The van der Waals surface area contributed by atoms with Crippen molar-refractivity contribution in [3.8, 4) is 17.2 Å². The number of ether oxygens (including phenoxy) is 2. The van der Waals surface area contributed by atoms with E-state index in [4.69, 9.17) is 9.47 Å². The summed E-state index contributed by atoms with van der Waals surface area (Å²) in [6.45, 7) is 2.34. The minimum Gasteiger partial charge on any atom is -0.493 e. The van der Waals surface area contributed by atoms with Gasteiger partial charge in [-0.25, -0.2) is 9.65 Å². The normalized spacial score (nSPS) is 13.6. The summed E-state index contributed by atoms with van der Waals surface area (Å²) < 4.78 is 24.8. The van der Waals surface area contributed by atoms with E-state index >= 15 is 0 Å². The van der Waals surface area contributed by atoms with Gasteiger partial charge in [0.15, 0.2) is 11.5 Å². The lowest BCUT2D eigenvalue weighted by molar-refractivity contribution is -0.140. The summed E-state index contributed by atoms with van der Waals surface area (Å²) in [6, 6.07) is 17.6. The molecule has 0 saturated carbocycles. The minimum atomic E-state index is -0.368. The van der Waals surface area contributed by atoms with Crippen molar-refractivity contribution >= 4 is 23.1 Å². The molecule has 35 heavy (non-hydrogen) atoms. The molecule has 3 aromatic carbocycles. The Hall–Kier alpha value is -4.10. The monoisotopic (exact) mass is 475 g/mol. The molecule has 1 aliphatic rings. The van der Waals surface area contributed by atoms with Gasteiger partial charge in [-0.2, -0.15) is 0 Å². The number of hydrogen-bond donors (Lipinski definition) is 2. The van der Waals surface area contributed by atoms with Crippen LogP contribution in [0.15, 0.2) is 66.2 Å². The lowest BCUT2D eigenvalue weighted by Crippen LogP contribution is -2.22. The molecular weight excluding hydrogens is 449 g/mol. The maximum Gasteiger partial charge on any atom is 0.248 e. The van der Waals surface area contributed by atoms with E-state index in [1.165, 1.54) is 26.4 Å². The van der Waals surface area contributed by atoms with Crippen LogP contribution in [0.25, 0.3) is 17.2 Å². The van der Waals surface area contributed by atoms with Gasteiger partial charge in [0.05, 0.1) is 20.6 Å². The Morgan fingerprint density at radius 3 is 2.31 bits per heavy atom. The van der Waals surface area contributed by atoms with E-state index in [0.29, 0.717) is 12.1 Å². The molecule has 0 heterocycles. The fourth-order valence-electron chi connectivity index (χ4n) is 4.24. The van der Waals surface area contributed by atoms with Gasteiger partial charge >= 0.3 is 0 Å². The molecule has 6 nitrogen and oxygen atoms in total. The van der Waals surface area contributed by atoms with Gasteiger partial charge in [0.25, 0.3) is 0 Å². The Balaban J connectivity index is 1.69. The molecule has 2 N–H and O–H groups in total. The van der Waals surface area contributed by atoms with Gasteiger partial charge in [-0.05, 0) is 76.2 Å². The number of methoxy groups -OCH3 is 2. The average molecular weight is 476 g/mol. The molecule has 1 amide bonds. The molecule has 0 spiro atoms. The van der Waals surface area contributed by atoms with Crippen molar-refractivity contribution in [3.05, 3.63) is 94.3 Å². The van der Waals surface area contributed by atoms with Gasteiger partial charge in [0, 0.05) is 6.54 Å². The highest BCUT2D eigenvalue weighted by atomic mass is 19.1. The third-order valence-electron chi connectivity index (χ3n) is 6.01. The van der Waals surface area contributed by atoms with Gasteiger partial charge < -0.3 is 19.7 Å². The molecule has 7 heteroatoms. The molecule has 0 atom stereocenters. The first-order valence-electron chi connectivity index (χ1n) is 11.0. The first-order valence-corrected chi connectivity index (χ1v) is 11.0. The molecule has 0 bridgehead atoms. The zero-order valence-electron chi connectivity index (χ0n) is 19.7. The standard InChI is InChI=1S/C28H26FNO5/c1-17-22(11-19-12-25(33-2)28(35-32)26(13-19)34-3)21-10-9-20(29)14-24(21)23(17)15-27(31)30-16-18-7-5-4-6-8-18/h4-14,32H,15-16H2,1-3H3,(H,30,31)/b22-11-. The summed E-state index contributed by atoms with van der Waals surface area (Å²) in [4.78, 5) is 17.2. The van der Waals surface area contributed by atoms with Crippen molar-refractivity contribution < 1.29 is 28.8 Å². The molecule has 3 aromatic rings. The van der Waals surface area contributed by atoms with Crippen LogP contribution >= 0.6 is 0 Å². The van der Waals surface area contributed by atoms with Crippen LogP contribution in [-0.2, 0) is 11.3 Å². The zero-order valence-corrected chi connectivity index (χ0v) is 19.7. The number of fused-ring (bicyclic) bond motifs is 1. The summed E-state index contributed by atoms with van der Waals surface area (Å²) in [6.07, 6.45) is 2.03. The first kappa shape index (κ1) is 24.0. The summed E-state index contributed by atoms with van der Waals surface area (Å²) in [7, 11) is 2.92. The zero-order chi connectivity index (χ0) is 24.9. The van der Waals surface area contributed by atoms with E-state index in [0.717, 1.165) is 33.4 Å². The number of carbonyl (C=O) groups excluding carboxylic acids is 1. The van der Waals surface area contributed by atoms with Crippen molar-refractivity contribution in [1.29, 1.82) is 0 Å². The van der Waals surface area contributed by atoms with Gasteiger partial charge in [-0.15, -0.1) is 0 Å². The number of halogens is 1. The molecule has 0 saturated heterocycles. The van der Waals surface area contributed by atoms with Gasteiger partial charge in [0.1, 0.15) is 5.82 Å². The molecule has 180 valence electrons. The third kappa shape index (κ3) is 5.05.